The molecule has 0 aliphatic carbocycles. The van der Waals surface area contributed by atoms with Crippen molar-refractivity contribution in [1.82, 2.24) is 5.32 Å². The van der Waals surface area contributed by atoms with Crippen molar-refractivity contribution >= 4 is 27.5 Å². The SMILES string of the molecule is CNC(Cc1ccc(Br)cc1Cl)C1CCOC1. The molecule has 0 saturated carbocycles. The second-order valence-corrected chi connectivity index (χ2v) is 5.78. The number of rotatable bonds is 4. The number of likely N-dealkylation sites (N-methyl/N-ethyl adjacent to an activating group) is 1. The number of halogens is 2. The lowest BCUT2D eigenvalue weighted by Crippen LogP contribution is -2.36. The van der Waals surface area contributed by atoms with Gasteiger partial charge < -0.3 is 10.1 Å². The highest BCUT2D eigenvalue weighted by atomic mass is 79.9. The van der Waals surface area contributed by atoms with Gasteiger partial charge in [0.05, 0.1) is 6.61 Å². The molecule has 1 aliphatic rings. The quantitative estimate of drug-likeness (QED) is 0.920. The van der Waals surface area contributed by atoms with Gasteiger partial charge in [-0.25, -0.2) is 0 Å². The largest absolute Gasteiger partial charge is 0.381 e. The number of benzene rings is 1. The van der Waals surface area contributed by atoms with Gasteiger partial charge in [-0.3, -0.25) is 0 Å². The maximum absolute atomic E-state index is 6.25. The Hall–Kier alpha value is -0.0900. The standard InChI is InChI=1S/C13H17BrClNO/c1-16-13(10-4-5-17-8-10)6-9-2-3-11(14)7-12(9)15/h2-3,7,10,13,16H,4-6,8H2,1H3. The number of hydrogen-bond acceptors (Lipinski definition) is 2. The van der Waals surface area contributed by atoms with Crippen LogP contribution in [-0.4, -0.2) is 26.3 Å². The average Bonchev–Trinajstić information content (AvgIpc) is 2.81. The van der Waals surface area contributed by atoms with Gasteiger partial charge in [-0.05, 0) is 37.6 Å². The normalized spacial score (nSPS) is 21.7. The van der Waals surface area contributed by atoms with Gasteiger partial charge in [0.2, 0.25) is 0 Å². The van der Waals surface area contributed by atoms with E-state index >= 15 is 0 Å². The van der Waals surface area contributed by atoms with Crippen LogP contribution < -0.4 is 5.32 Å². The molecule has 0 bridgehead atoms. The molecule has 0 spiro atoms. The lowest BCUT2D eigenvalue weighted by molar-refractivity contribution is 0.177. The van der Waals surface area contributed by atoms with Crippen LogP contribution in [0.15, 0.2) is 22.7 Å². The topological polar surface area (TPSA) is 21.3 Å². The van der Waals surface area contributed by atoms with Crippen molar-refractivity contribution in [1.29, 1.82) is 0 Å². The molecule has 2 atom stereocenters. The van der Waals surface area contributed by atoms with Gasteiger partial charge in [-0.2, -0.15) is 0 Å². The van der Waals surface area contributed by atoms with Gasteiger partial charge >= 0.3 is 0 Å². The third-order valence-corrected chi connectivity index (χ3v) is 4.20. The zero-order valence-electron chi connectivity index (χ0n) is 9.88. The molecule has 0 radical (unpaired) electrons. The van der Waals surface area contributed by atoms with Crippen molar-refractivity contribution < 1.29 is 4.74 Å². The van der Waals surface area contributed by atoms with E-state index in [9.17, 15) is 0 Å². The lowest BCUT2D eigenvalue weighted by Gasteiger charge is -2.22. The van der Waals surface area contributed by atoms with Crippen molar-refractivity contribution in [3.8, 4) is 0 Å². The monoisotopic (exact) mass is 317 g/mol. The van der Waals surface area contributed by atoms with Crippen LogP contribution in [0.3, 0.4) is 0 Å². The van der Waals surface area contributed by atoms with Crippen molar-refractivity contribution in [2.45, 2.75) is 18.9 Å². The van der Waals surface area contributed by atoms with E-state index in [2.05, 4.69) is 27.3 Å². The Balaban J connectivity index is 2.06. The smallest absolute Gasteiger partial charge is 0.0510 e. The Labute approximate surface area is 116 Å². The van der Waals surface area contributed by atoms with Gasteiger partial charge in [-0.15, -0.1) is 0 Å². The molecule has 0 aromatic heterocycles. The molecular weight excluding hydrogens is 302 g/mol. The van der Waals surface area contributed by atoms with E-state index in [0.29, 0.717) is 12.0 Å². The first-order chi connectivity index (χ1) is 8.20. The third-order valence-electron chi connectivity index (χ3n) is 3.36. The second kappa shape index (κ2) is 6.19. The summed E-state index contributed by atoms with van der Waals surface area (Å²) in [6.45, 7) is 1.75. The molecule has 1 heterocycles. The minimum Gasteiger partial charge on any atom is -0.381 e. The lowest BCUT2D eigenvalue weighted by atomic mass is 9.93. The van der Waals surface area contributed by atoms with Gasteiger partial charge in [0.1, 0.15) is 0 Å². The molecule has 1 aromatic rings. The Morgan fingerprint density at radius 2 is 2.41 bits per heavy atom. The van der Waals surface area contributed by atoms with Crippen LogP contribution in [0.2, 0.25) is 5.02 Å². The summed E-state index contributed by atoms with van der Waals surface area (Å²) in [5.74, 6) is 0.597. The van der Waals surface area contributed by atoms with E-state index in [1.54, 1.807) is 0 Å². The molecule has 1 aromatic carbocycles. The van der Waals surface area contributed by atoms with Crippen molar-refractivity contribution in [3.63, 3.8) is 0 Å². The minimum absolute atomic E-state index is 0.441. The molecule has 2 unspecified atom stereocenters. The van der Waals surface area contributed by atoms with Crippen molar-refractivity contribution in [2.24, 2.45) is 5.92 Å². The molecule has 4 heteroatoms. The van der Waals surface area contributed by atoms with Crippen LogP contribution >= 0.6 is 27.5 Å². The highest BCUT2D eigenvalue weighted by Crippen LogP contribution is 2.25. The fraction of sp³-hybridized carbons (Fsp3) is 0.538. The van der Waals surface area contributed by atoms with Gasteiger partial charge in [0, 0.05) is 28.1 Å². The Kier molecular flexibility index (Phi) is 4.86. The predicted octanol–water partition coefficient (Wildman–Crippen LogP) is 3.27. The van der Waals surface area contributed by atoms with E-state index in [4.69, 9.17) is 16.3 Å². The first-order valence-corrected chi connectivity index (χ1v) is 7.06. The van der Waals surface area contributed by atoms with Crippen LogP contribution in [0, 0.1) is 5.92 Å². The first kappa shape index (κ1) is 13.3. The van der Waals surface area contributed by atoms with Crippen LogP contribution in [-0.2, 0) is 11.2 Å². The summed E-state index contributed by atoms with van der Waals surface area (Å²) in [5, 5.41) is 4.22. The van der Waals surface area contributed by atoms with E-state index in [1.807, 2.05) is 19.2 Å². The fourth-order valence-corrected chi connectivity index (χ4v) is 3.05. The average molecular weight is 319 g/mol. The molecule has 94 valence electrons. The van der Waals surface area contributed by atoms with E-state index in [0.717, 1.165) is 35.6 Å². The highest BCUT2D eigenvalue weighted by molar-refractivity contribution is 9.10. The summed E-state index contributed by atoms with van der Waals surface area (Å²) in [4.78, 5) is 0. The van der Waals surface area contributed by atoms with Crippen molar-refractivity contribution in [2.75, 3.05) is 20.3 Å². The Bertz CT molecular complexity index is 380. The first-order valence-electron chi connectivity index (χ1n) is 5.89. The fourth-order valence-electron chi connectivity index (χ4n) is 2.30. The summed E-state index contributed by atoms with van der Waals surface area (Å²) in [6.07, 6.45) is 2.09. The summed E-state index contributed by atoms with van der Waals surface area (Å²) >= 11 is 9.67. The zero-order chi connectivity index (χ0) is 12.3. The zero-order valence-corrected chi connectivity index (χ0v) is 12.2. The van der Waals surface area contributed by atoms with E-state index < -0.39 is 0 Å². The van der Waals surface area contributed by atoms with Gasteiger partial charge in [-0.1, -0.05) is 33.6 Å². The van der Waals surface area contributed by atoms with E-state index in [1.165, 1.54) is 5.56 Å². The summed E-state index contributed by atoms with van der Waals surface area (Å²) < 4.78 is 6.47. The molecule has 0 amide bonds. The summed E-state index contributed by atoms with van der Waals surface area (Å²) in [6, 6.07) is 6.52. The van der Waals surface area contributed by atoms with Gasteiger partial charge in [0.25, 0.3) is 0 Å². The minimum atomic E-state index is 0.441. The number of nitrogens with one attached hydrogen (secondary N) is 1. The van der Waals surface area contributed by atoms with Crippen LogP contribution in [0.25, 0.3) is 0 Å². The second-order valence-electron chi connectivity index (χ2n) is 4.46. The molecule has 1 aliphatic heterocycles. The Morgan fingerprint density at radius 3 is 3.00 bits per heavy atom. The molecule has 1 N–H and O–H groups in total. The van der Waals surface area contributed by atoms with Crippen molar-refractivity contribution in [3.05, 3.63) is 33.3 Å². The summed E-state index contributed by atoms with van der Waals surface area (Å²) in [5.41, 5.74) is 1.20. The number of ether oxygens (including phenoxy) is 1. The molecule has 1 saturated heterocycles. The van der Waals surface area contributed by atoms with Gasteiger partial charge in [0.15, 0.2) is 0 Å². The van der Waals surface area contributed by atoms with Crippen LogP contribution in [0.4, 0.5) is 0 Å². The van der Waals surface area contributed by atoms with Crippen LogP contribution in [0.5, 0.6) is 0 Å². The predicted molar refractivity (Wildman–Crippen MR) is 74.6 cm³/mol. The molecule has 17 heavy (non-hydrogen) atoms. The third kappa shape index (κ3) is 3.44. The molecular formula is C13H17BrClNO. The van der Waals surface area contributed by atoms with E-state index in [-0.39, 0.29) is 0 Å². The molecule has 2 nitrogen and oxygen atoms in total. The highest BCUT2D eigenvalue weighted by Gasteiger charge is 2.25. The maximum Gasteiger partial charge on any atom is 0.0510 e. The summed E-state index contributed by atoms with van der Waals surface area (Å²) in [7, 11) is 2.01. The molecule has 2 rings (SSSR count). The maximum atomic E-state index is 6.25. The Morgan fingerprint density at radius 1 is 1.59 bits per heavy atom. The van der Waals surface area contributed by atoms with Crippen LogP contribution in [0.1, 0.15) is 12.0 Å². The number of hydrogen-bond donors (Lipinski definition) is 1. The molecule has 1 fully saturated rings.